The number of aliphatic imine (C=N–C) groups is 1. The van der Waals surface area contributed by atoms with Gasteiger partial charge in [0.25, 0.3) is 0 Å². The first-order valence-electron chi connectivity index (χ1n) is 9.95. The number of rotatable bonds is 10. The monoisotopic (exact) mass is 392 g/mol. The third-order valence-corrected chi connectivity index (χ3v) is 4.24. The number of carbonyl (C=O) groups excluding carboxylic acids is 1. The zero-order chi connectivity index (χ0) is 21.2. The summed E-state index contributed by atoms with van der Waals surface area (Å²) in [6.07, 6.45) is 0. The Bertz CT molecular complexity index is 659. The minimum Gasteiger partial charge on any atom is -0.490 e. The molecule has 0 aromatic heterocycles. The van der Waals surface area contributed by atoms with Gasteiger partial charge in [-0.3, -0.25) is 9.79 Å². The van der Waals surface area contributed by atoms with Crippen LogP contribution in [0.25, 0.3) is 0 Å². The largest absolute Gasteiger partial charge is 0.490 e. The maximum Gasteiger partial charge on any atom is 0.227 e. The SMILES string of the molecule is CCNC(=NCC(C)(C)C(=O)NC)NC(C)c1ccc(OCC)c(OCC)c1. The van der Waals surface area contributed by atoms with Crippen molar-refractivity contribution in [3.05, 3.63) is 23.8 Å². The molecule has 0 aliphatic carbocycles. The van der Waals surface area contributed by atoms with Crippen molar-refractivity contribution >= 4 is 11.9 Å². The Labute approximate surface area is 169 Å². The van der Waals surface area contributed by atoms with Crippen molar-refractivity contribution in [2.75, 3.05) is 33.4 Å². The highest BCUT2D eigenvalue weighted by Gasteiger charge is 2.26. The van der Waals surface area contributed by atoms with Crippen molar-refractivity contribution in [2.24, 2.45) is 10.4 Å². The summed E-state index contributed by atoms with van der Waals surface area (Å²) in [5, 5.41) is 9.32. The van der Waals surface area contributed by atoms with E-state index in [1.54, 1.807) is 7.05 Å². The number of hydrogen-bond donors (Lipinski definition) is 3. The number of amides is 1. The summed E-state index contributed by atoms with van der Waals surface area (Å²) < 4.78 is 11.4. The van der Waals surface area contributed by atoms with Crippen LogP contribution < -0.4 is 25.4 Å². The Balaban J connectivity index is 2.96. The number of benzene rings is 1. The molecular weight excluding hydrogens is 356 g/mol. The van der Waals surface area contributed by atoms with Gasteiger partial charge in [-0.15, -0.1) is 0 Å². The minimum absolute atomic E-state index is 0.00389. The first-order chi connectivity index (χ1) is 13.3. The molecule has 1 unspecified atom stereocenters. The van der Waals surface area contributed by atoms with Crippen molar-refractivity contribution in [3.8, 4) is 11.5 Å². The van der Waals surface area contributed by atoms with Gasteiger partial charge in [-0.2, -0.15) is 0 Å². The van der Waals surface area contributed by atoms with Crippen LogP contribution in [-0.2, 0) is 4.79 Å². The third-order valence-electron chi connectivity index (χ3n) is 4.24. The molecule has 0 radical (unpaired) electrons. The molecule has 0 spiro atoms. The van der Waals surface area contributed by atoms with E-state index in [-0.39, 0.29) is 11.9 Å². The molecule has 1 rings (SSSR count). The molecule has 0 saturated carbocycles. The highest BCUT2D eigenvalue weighted by atomic mass is 16.5. The quantitative estimate of drug-likeness (QED) is 0.421. The summed E-state index contributed by atoms with van der Waals surface area (Å²) in [4.78, 5) is 16.6. The van der Waals surface area contributed by atoms with E-state index in [0.29, 0.717) is 25.7 Å². The summed E-state index contributed by atoms with van der Waals surface area (Å²) in [5.41, 5.74) is 0.477. The van der Waals surface area contributed by atoms with Gasteiger partial charge in [0, 0.05) is 13.6 Å². The number of ether oxygens (including phenoxy) is 2. The lowest BCUT2D eigenvalue weighted by atomic mass is 9.93. The van der Waals surface area contributed by atoms with Gasteiger partial charge in [0.2, 0.25) is 5.91 Å². The first-order valence-corrected chi connectivity index (χ1v) is 9.95. The van der Waals surface area contributed by atoms with E-state index >= 15 is 0 Å². The smallest absolute Gasteiger partial charge is 0.227 e. The van der Waals surface area contributed by atoms with Crippen LogP contribution in [0.3, 0.4) is 0 Å². The van der Waals surface area contributed by atoms with Crippen molar-refractivity contribution in [2.45, 2.75) is 47.6 Å². The fourth-order valence-corrected chi connectivity index (χ4v) is 2.63. The van der Waals surface area contributed by atoms with Crippen LogP contribution in [0.2, 0.25) is 0 Å². The molecule has 1 amide bonds. The number of nitrogens with one attached hydrogen (secondary N) is 3. The zero-order valence-electron chi connectivity index (χ0n) is 18.3. The molecule has 0 bridgehead atoms. The molecule has 1 aromatic carbocycles. The summed E-state index contributed by atoms with van der Waals surface area (Å²) in [7, 11) is 1.64. The van der Waals surface area contributed by atoms with Gasteiger partial charge < -0.3 is 25.4 Å². The number of nitrogens with zero attached hydrogens (tertiary/aromatic N) is 1. The lowest BCUT2D eigenvalue weighted by Gasteiger charge is -2.23. The van der Waals surface area contributed by atoms with Crippen LogP contribution in [-0.4, -0.2) is 45.2 Å². The van der Waals surface area contributed by atoms with Crippen molar-refractivity contribution in [1.82, 2.24) is 16.0 Å². The Morgan fingerprint density at radius 1 is 1.14 bits per heavy atom. The standard InChI is InChI=1S/C21H36N4O3/c1-8-23-20(24-14-21(5,6)19(26)22-7)25-15(4)16-11-12-17(27-9-2)18(13-16)28-10-3/h11-13,15H,8-10,14H2,1-7H3,(H,22,26)(H2,23,24,25). The van der Waals surface area contributed by atoms with Gasteiger partial charge in [0.15, 0.2) is 17.5 Å². The van der Waals surface area contributed by atoms with Gasteiger partial charge in [-0.05, 0) is 59.2 Å². The van der Waals surface area contributed by atoms with Gasteiger partial charge >= 0.3 is 0 Å². The summed E-state index contributed by atoms with van der Waals surface area (Å²) in [6.45, 7) is 14.0. The Morgan fingerprint density at radius 2 is 1.79 bits per heavy atom. The Kier molecular flexibility index (Phi) is 9.62. The van der Waals surface area contributed by atoms with E-state index in [9.17, 15) is 4.79 Å². The van der Waals surface area contributed by atoms with E-state index in [4.69, 9.17) is 9.47 Å². The Morgan fingerprint density at radius 3 is 2.36 bits per heavy atom. The predicted octanol–water partition coefficient (Wildman–Crippen LogP) is 2.87. The van der Waals surface area contributed by atoms with E-state index in [1.165, 1.54) is 0 Å². The number of hydrogen-bond acceptors (Lipinski definition) is 4. The van der Waals surface area contributed by atoms with Gasteiger partial charge in [0.1, 0.15) is 0 Å². The minimum atomic E-state index is -0.582. The second-order valence-corrected chi connectivity index (χ2v) is 7.10. The molecular formula is C21H36N4O3. The van der Waals surface area contributed by atoms with Crippen LogP contribution in [0.4, 0.5) is 0 Å². The maximum absolute atomic E-state index is 12.0. The summed E-state index contributed by atoms with van der Waals surface area (Å²) in [6, 6.07) is 5.93. The molecule has 0 saturated heterocycles. The van der Waals surface area contributed by atoms with Crippen molar-refractivity contribution in [1.29, 1.82) is 0 Å². The van der Waals surface area contributed by atoms with Crippen LogP contribution >= 0.6 is 0 Å². The average molecular weight is 393 g/mol. The molecule has 7 nitrogen and oxygen atoms in total. The molecule has 7 heteroatoms. The van der Waals surface area contributed by atoms with Crippen molar-refractivity contribution < 1.29 is 14.3 Å². The van der Waals surface area contributed by atoms with Crippen molar-refractivity contribution in [3.63, 3.8) is 0 Å². The maximum atomic E-state index is 12.0. The highest BCUT2D eigenvalue weighted by Crippen LogP contribution is 2.30. The second kappa shape index (κ2) is 11.4. The molecule has 0 aliphatic heterocycles. The molecule has 158 valence electrons. The highest BCUT2D eigenvalue weighted by molar-refractivity contribution is 5.83. The van der Waals surface area contributed by atoms with Gasteiger partial charge in [-0.25, -0.2) is 0 Å². The van der Waals surface area contributed by atoms with Crippen LogP contribution in [0.5, 0.6) is 11.5 Å². The molecule has 0 fully saturated rings. The first kappa shape index (κ1) is 23.6. The molecule has 1 aromatic rings. The third kappa shape index (κ3) is 6.94. The topological polar surface area (TPSA) is 84.0 Å². The number of guanidine groups is 1. The lowest BCUT2D eigenvalue weighted by molar-refractivity contribution is -0.128. The van der Waals surface area contributed by atoms with Gasteiger partial charge in [0.05, 0.1) is 31.2 Å². The Hall–Kier alpha value is -2.44. The normalized spacial score (nSPS) is 12.9. The second-order valence-electron chi connectivity index (χ2n) is 7.10. The van der Waals surface area contributed by atoms with Crippen LogP contribution in [0, 0.1) is 5.41 Å². The van der Waals surface area contributed by atoms with E-state index in [2.05, 4.69) is 27.9 Å². The van der Waals surface area contributed by atoms with Crippen LogP contribution in [0.1, 0.15) is 53.1 Å². The lowest BCUT2D eigenvalue weighted by Crippen LogP contribution is -2.41. The zero-order valence-corrected chi connectivity index (χ0v) is 18.3. The number of carbonyl (C=O) groups is 1. The van der Waals surface area contributed by atoms with E-state index in [1.807, 2.05) is 52.8 Å². The average Bonchev–Trinajstić information content (AvgIpc) is 2.67. The van der Waals surface area contributed by atoms with Crippen LogP contribution in [0.15, 0.2) is 23.2 Å². The molecule has 3 N–H and O–H groups in total. The predicted molar refractivity (Wildman–Crippen MR) is 114 cm³/mol. The summed E-state index contributed by atoms with van der Waals surface area (Å²) >= 11 is 0. The molecule has 28 heavy (non-hydrogen) atoms. The fourth-order valence-electron chi connectivity index (χ4n) is 2.63. The molecule has 0 aliphatic rings. The van der Waals surface area contributed by atoms with E-state index in [0.717, 1.165) is 23.6 Å². The van der Waals surface area contributed by atoms with Gasteiger partial charge in [-0.1, -0.05) is 6.07 Å². The molecule has 0 heterocycles. The fraction of sp³-hybridized carbons (Fsp3) is 0.619. The molecule has 1 atom stereocenters. The van der Waals surface area contributed by atoms with E-state index < -0.39 is 5.41 Å². The summed E-state index contributed by atoms with van der Waals surface area (Å²) in [5.74, 6) is 2.11.